The molecular formula is C19H13ClN2O3. The Hall–Kier alpha value is -3.05. The molecule has 0 aliphatic heterocycles. The van der Waals surface area contributed by atoms with Gasteiger partial charge in [-0.25, -0.2) is 4.98 Å². The van der Waals surface area contributed by atoms with Crippen LogP contribution >= 0.6 is 11.6 Å². The average Bonchev–Trinajstić information content (AvgIpc) is 3.02. The number of benzene rings is 2. The maximum absolute atomic E-state index is 12.4. The lowest BCUT2D eigenvalue weighted by Crippen LogP contribution is -2.10. The third-order valence-electron chi connectivity index (χ3n) is 3.81. The normalized spacial score (nSPS) is 11.0. The minimum absolute atomic E-state index is 0.185. The molecule has 1 N–H and O–H groups in total. The molecule has 2 aromatic heterocycles. The SMILES string of the molecule is COc1ccc2nc3oc(C(=O)Nc4cccc(Cl)c4)cc3cc2c1. The molecule has 0 unspecified atom stereocenters. The van der Waals surface area contributed by atoms with Crippen LogP contribution in [0.4, 0.5) is 5.69 Å². The van der Waals surface area contributed by atoms with Crippen molar-refractivity contribution in [2.45, 2.75) is 0 Å². The second kappa shape index (κ2) is 6.11. The summed E-state index contributed by atoms with van der Waals surface area (Å²) in [5.41, 5.74) is 1.78. The topological polar surface area (TPSA) is 64.4 Å². The van der Waals surface area contributed by atoms with Crippen molar-refractivity contribution in [3.05, 3.63) is 65.4 Å². The summed E-state index contributed by atoms with van der Waals surface area (Å²) in [6.45, 7) is 0. The van der Waals surface area contributed by atoms with Crippen molar-refractivity contribution in [1.29, 1.82) is 0 Å². The molecule has 0 fully saturated rings. The van der Waals surface area contributed by atoms with Crippen molar-refractivity contribution in [3.63, 3.8) is 0 Å². The second-order valence-corrected chi connectivity index (χ2v) is 5.95. The summed E-state index contributed by atoms with van der Waals surface area (Å²) < 4.78 is 10.8. The molecule has 4 aromatic rings. The number of hydrogen-bond acceptors (Lipinski definition) is 4. The zero-order valence-electron chi connectivity index (χ0n) is 13.2. The number of methoxy groups -OCH3 is 1. The van der Waals surface area contributed by atoms with E-state index in [1.807, 2.05) is 24.3 Å². The largest absolute Gasteiger partial charge is 0.497 e. The number of carbonyl (C=O) groups is 1. The molecule has 0 spiro atoms. The van der Waals surface area contributed by atoms with E-state index in [9.17, 15) is 4.79 Å². The molecular weight excluding hydrogens is 340 g/mol. The molecule has 0 aliphatic carbocycles. The van der Waals surface area contributed by atoms with Crippen LogP contribution in [0.2, 0.25) is 5.02 Å². The van der Waals surface area contributed by atoms with Gasteiger partial charge in [-0.15, -0.1) is 0 Å². The highest BCUT2D eigenvalue weighted by Crippen LogP contribution is 2.26. The van der Waals surface area contributed by atoms with Crippen molar-refractivity contribution >= 4 is 45.2 Å². The number of anilines is 1. The summed E-state index contributed by atoms with van der Waals surface area (Å²) >= 11 is 5.93. The van der Waals surface area contributed by atoms with Gasteiger partial charge in [-0.1, -0.05) is 17.7 Å². The van der Waals surface area contributed by atoms with Gasteiger partial charge in [0, 0.05) is 21.5 Å². The number of nitrogens with one attached hydrogen (secondary N) is 1. The Kier molecular flexibility index (Phi) is 3.78. The van der Waals surface area contributed by atoms with Crippen molar-refractivity contribution in [2.75, 3.05) is 12.4 Å². The molecule has 0 saturated carbocycles. The van der Waals surface area contributed by atoms with E-state index >= 15 is 0 Å². The van der Waals surface area contributed by atoms with E-state index in [4.69, 9.17) is 20.8 Å². The number of aromatic nitrogens is 1. The van der Waals surface area contributed by atoms with Gasteiger partial charge in [-0.05, 0) is 48.5 Å². The molecule has 0 radical (unpaired) electrons. The molecule has 4 rings (SSSR count). The number of amides is 1. The van der Waals surface area contributed by atoms with Crippen LogP contribution in [0.1, 0.15) is 10.6 Å². The number of hydrogen-bond donors (Lipinski definition) is 1. The van der Waals surface area contributed by atoms with Crippen LogP contribution in [0, 0.1) is 0 Å². The highest BCUT2D eigenvalue weighted by atomic mass is 35.5. The third-order valence-corrected chi connectivity index (χ3v) is 4.05. The number of ether oxygens (including phenoxy) is 1. The van der Waals surface area contributed by atoms with Crippen LogP contribution in [0.25, 0.3) is 22.0 Å². The molecule has 0 bridgehead atoms. The molecule has 124 valence electrons. The van der Waals surface area contributed by atoms with Gasteiger partial charge in [-0.3, -0.25) is 4.79 Å². The smallest absolute Gasteiger partial charge is 0.291 e. The molecule has 2 aromatic carbocycles. The van der Waals surface area contributed by atoms with E-state index < -0.39 is 0 Å². The molecule has 6 heteroatoms. The molecule has 25 heavy (non-hydrogen) atoms. The monoisotopic (exact) mass is 352 g/mol. The van der Waals surface area contributed by atoms with Gasteiger partial charge < -0.3 is 14.5 Å². The van der Waals surface area contributed by atoms with Gasteiger partial charge in [0.2, 0.25) is 5.71 Å². The summed E-state index contributed by atoms with van der Waals surface area (Å²) in [5.74, 6) is 0.572. The summed E-state index contributed by atoms with van der Waals surface area (Å²) in [6.07, 6.45) is 0. The van der Waals surface area contributed by atoms with Crippen LogP contribution in [-0.2, 0) is 0 Å². The van der Waals surface area contributed by atoms with Crippen LogP contribution in [0.3, 0.4) is 0 Å². The van der Waals surface area contributed by atoms with Crippen molar-refractivity contribution < 1.29 is 13.9 Å². The Morgan fingerprint density at radius 1 is 1.12 bits per heavy atom. The zero-order valence-corrected chi connectivity index (χ0v) is 14.0. The Bertz CT molecular complexity index is 1100. The maximum atomic E-state index is 12.4. The molecule has 1 amide bonds. The van der Waals surface area contributed by atoms with Crippen LogP contribution < -0.4 is 10.1 Å². The van der Waals surface area contributed by atoms with Crippen LogP contribution in [0.15, 0.2) is 59.0 Å². The Labute approximate surface area is 148 Å². The fraction of sp³-hybridized carbons (Fsp3) is 0.0526. The molecule has 2 heterocycles. The Balaban J connectivity index is 1.70. The van der Waals surface area contributed by atoms with Gasteiger partial charge >= 0.3 is 0 Å². The van der Waals surface area contributed by atoms with Crippen molar-refractivity contribution in [2.24, 2.45) is 0 Å². The second-order valence-electron chi connectivity index (χ2n) is 5.52. The summed E-state index contributed by atoms with van der Waals surface area (Å²) in [4.78, 5) is 16.8. The number of rotatable bonds is 3. The lowest BCUT2D eigenvalue weighted by Gasteiger charge is -2.02. The molecule has 0 aliphatic rings. The van der Waals surface area contributed by atoms with E-state index in [1.165, 1.54) is 0 Å². The van der Waals surface area contributed by atoms with Gasteiger partial charge in [0.25, 0.3) is 5.91 Å². The lowest BCUT2D eigenvalue weighted by atomic mass is 10.2. The molecule has 0 atom stereocenters. The minimum Gasteiger partial charge on any atom is -0.497 e. The standard InChI is InChI=1S/C19H13ClN2O3/c1-24-15-5-6-16-11(8-15)7-12-9-17(25-19(12)22-16)18(23)21-14-4-2-3-13(20)10-14/h2-10H,1H3,(H,21,23). The zero-order chi connectivity index (χ0) is 17.4. The number of furan rings is 1. The fourth-order valence-corrected chi connectivity index (χ4v) is 2.80. The van der Waals surface area contributed by atoms with E-state index in [2.05, 4.69) is 10.3 Å². The lowest BCUT2D eigenvalue weighted by molar-refractivity contribution is 0.0998. The third kappa shape index (κ3) is 3.02. The van der Waals surface area contributed by atoms with E-state index in [1.54, 1.807) is 37.4 Å². The Morgan fingerprint density at radius 2 is 2.00 bits per heavy atom. The van der Waals surface area contributed by atoms with E-state index in [0.717, 1.165) is 22.0 Å². The first kappa shape index (κ1) is 15.5. The van der Waals surface area contributed by atoms with E-state index in [-0.39, 0.29) is 11.7 Å². The van der Waals surface area contributed by atoms with Crippen LogP contribution in [-0.4, -0.2) is 18.0 Å². The summed E-state index contributed by atoms with van der Waals surface area (Å²) in [7, 11) is 1.61. The number of nitrogens with zero attached hydrogens (tertiary/aromatic N) is 1. The minimum atomic E-state index is -0.359. The maximum Gasteiger partial charge on any atom is 0.291 e. The number of halogens is 1. The highest BCUT2D eigenvalue weighted by molar-refractivity contribution is 6.31. The van der Waals surface area contributed by atoms with Crippen molar-refractivity contribution in [1.82, 2.24) is 4.98 Å². The number of fused-ring (bicyclic) bond motifs is 2. The average molecular weight is 353 g/mol. The number of carbonyl (C=O) groups excluding carboxylic acids is 1. The Morgan fingerprint density at radius 3 is 2.80 bits per heavy atom. The number of pyridine rings is 1. The van der Waals surface area contributed by atoms with Crippen LogP contribution in [0.5, 0.6) is 5.75 Å². The first-order valence-corrected chi connectivity index (χ1v) is 7.95. The van der Waals surface area contributed by atoms with Crippen molar-refractivity contribution in [3.8, 4) is 5.75 Å². The first-order chi connectivity index (χ1) is 12.1. The van der Waals surface area contributed by atoms with E-state index in [0.29, 0.717) is 16.4 Å². The van der Waals surface area contributed by atoms with Gasteiger partial charge in [0.05, 0.1) is 12.6 Å². The van der Waals surface area contributed by atoms with Gasteiger partial charge in [0.15, 0.2) is 5.76 Å². The summed E-state index contributed by atoms with van der Waals surface area (Å²) in [5, 5.41) is 4.96. The first-order valence-electron chi connectivity index (χ1n) is 7.58. The fourth-order valence-electron chi connectivity index (χ4n) is 2.61. The predicted octanol–water partition coefficient (Wildman–Crippen LogP) is 4.90. The summed E-state index contributed by atoms with van der Waals surface area (Å²) in [6, 6.07) is 16.1. The van der Waals surface area contributed by atoms with Gasteiger partial charge in [-0.2, -0.15) is 0 Å². The molecule has 0 saturated heterocycles. The molecule has 5 nitrogen and oxygen atoms in total. The van der Waals surface area contributed by atoms with Gasteiger partial charge in [0.1, 0.15) is 5.75 Å². The highest BCUT2D eigenvalue weighted by Gasteiger charge is 2.14. The quantitative estimate of drug-likeness (QED) is 0.569. The predicted molar refractivity (Wildman–Crippen MR) is 97.5 cm³/mol.